The number of benzene rings is 3. The van der Waals surface area contributed by atoms with Crippen LogP contribution in [-0.2, 0) is 16.6 Å². The number of thiazole rings is 1. The maximum atomic E-state index is 13.0. The lowest BCUT2D eigenvalue weighted by molar-refractivity contribution is 0.405. The number of nitrogens with zero attached hydrogens (tertiary/aromatic N) is 1. The van der Waals surface area contributed by atoms with Crippen LogP contribution < -0.4 is 14.3 Å². The highest BCUT2D eigenvalue weighted by atomic mass is 35.5. The van der Waals surface area contributed by atoms with Gasteiger partial charge in [0.25, 0.3) is 0 Å². The van der Waals surface area contributed by atoms with Gasteiger partial charge in [0.2, 0.25) is 10.0 Å². The second-order valence-electron chi connectivity index (χ2n) is 7.26. The number of nitrogens with one attached hydrogen (secondary N) is 1. The standard InChI is InChI=1S/C23H21ClN2O4S2/c1-15(18-8-4-6-10-21(18)30-2)25-32(28,29)17-11-12-20-22(13-17)31-23(27)26(20)14-16-7-3-5-9-19(16)24/h3-13,15,25H,14H2,1-2H3/t15-/m0/s1. The van der Waals surface area contributed by atoms with Crippen LogP contribution >= 0.6 is 22.9 Å². The number of hydrogen-bond acceptors (Lipinski definition) is 5. The van der Waals surface area contributed by atoms with Crippen LogP contribution in [0.4, 0.5) is 0 Å². The molecule has 6 nitrogen and oxygen atoms in total. The second-order valence-corrected chi connectivity index (χ2v) is 10.4. The van der Waals surface area contributed by atoms with Gasteiger partial charge in [-0.3, -0.25) is 9.36 Å². The van der Waals surface area contributed by atoms with Gasteiger partial charge in [0, 0.05) is 16.6 Å². The Kier molecular flexibility index (Phi) is 6.39. The molecule has 0 saturated carbocycles. The van der Waals surface area contributed by atoms with Crippen molar-refractivity contribution in [3.63, 3.8) is 0 Å². The molecule has 0 aliphatic carbocycles. The molecule has 166 valence electrons. The van der Waals surface area contributed by atoms with Crippen molar-refractivity contribution in [3.05, 3.63) is 92.5 Å². The smallest absolute Gasteiger partial charge is 0.308 e. The van der Waals surface area contributed by atoms with E-state index in [2.05, 4.69) is 4.72 Å². The van der Waals surface area contributed by atoms with Crippen LogP contribution in [-0.4, -0.2) is 20.1 Å². The van der Waals surface area contributed by atoms with Gasteiger partial charge in [0.15, 0.2) is 0 Å². The summed E-state index contributed by atoms with van der Waals surface area (Å²) in [4.78, 5) is 12.5. The number of ether oxygens (including phenoxy) is 1. The highest BCUT2D eigenvalue weighted by Gasteiger charge is 2.22. The Morgan fingerprint density at radius 1 is 1.09 bits per heavy atom. The monoisotopic (exact) mass is 488 g/mol. The first-order valence-electron chi connectivity index (χ1n) is 9.82. The molecule has 1 heterocycles. The van der Waals surface area contributed by atoms with Crippen LogP contribution in [0.15, 0.2) is 76.4 Å². The zero-order valence-corrected chi connectivity index (χ0v) is 19.8. The maximum Gasteiger partial charge on any atom is 0.308 e. The molecule has 0 fully saturated rings. The fraction of sp³-hybridized carbons (Fsp3) is 0.174. The van der Waals surface area contributed by atoms with E-state index in [-0.39, 0.29) is 9.77 Å². The topological polar surface area (TPSA) is 77.4 Å². The molecule has 32 heavy (non-hydrogen) atoms. The molecule has 9 heteroatoms. The fourth-order valence-electron chi connectivity index (χ4n) is 3.55. The average Bonchev–Trinajstić information content (AvgIpc) is 3.09. The Labute approximate surface area is 195 Å². The molecule has 0 unspecified atom stereocenters. The number of rotatable bonds is 7. The summed E-state index contributed by atoms with van der Waals surface area (Å²) < 4.78 is 36.3. The number of hydrogen-bond donors (Lipinski definition) is 1. The zero-order valence-electron chi connectivity index (χ0n) is 17.4. The Bertz CT molecular complexity index is 1440. The zero-order chi connectivity index (χ0) is 22.9. The SMILES string of the molecule is COc1ccccc1[C@H](C)NS(=O)(=O)c1ccc2c(c1)sc(=O)n2Cc1ccccc1Cl. The highest BCUT2D eigenvalue weighted by Crippen LogP contribution is 2.28. The molecule has 4 aromatic rings. The molecule has 0 spiro atoms. The van der Waals surface area contributed by atoms with E-state index in [4.69, 9.17) is 16.3 Å². The van der Waals surface area contributed by atoms with Crippen LogP contribution in [0.1, 0.15) is 24.1 Å². The third-order valence-corrected chi connectivity index (χ3v) is 8.02. The van der Waals surface area contributed by atoms with Gasteiger partial charge in [-0.15, -0.1) is 0 Å². The van der Waals surface area contributed by atoms with Gasteiger partial charge in [-0.2, -0.15) is 0 Å². The number of halogens is 1. The normalized spacial score (nSPS) is 12.7. The molecule has 4 rings (SSSR count). The van der Waals surface area contributed by atoms with Crippen LogP contribution in [0.3, 0.4) is 0 Å². The van der Waals surface area contributed by atoms with Gasteiger partial charge in [0.05, 0.1) is 28.8 Å². The van der Waals surface area contributed by atoms with E-state index >= 15 is 0 Å². The van der Waals surface area contributed by atoms with Crippen LogP contribution in [0, 0.1) is 0 Å². The summed E-state index contributed by atoms with van der Waals surface area (Å²) >= 11 is 7.25. The van der Waals surface area contributed by atoms with E-state index < -0.39 is 16.1 Å². The Balaban J connectivity index is 1.65. The van der Waals surface area contributed by atoms with Crippen molar-refractivity contribution in [2.75, 3.05) is 7.11 Å². The molecule has 0 aliphatic heterocycles. The highest BCUT2D eigenvalue weighted by molar-refractivity contribution is 7.89. The van der Waals surface area contributed by atoms with Crippen molar-refractivity contribution in [1.82, 2.24) is 9.29 Å². The third-order valence-electron chi connectivity index (χ3n) is 5.17. The summed E-state index contributed by atoms with van der Waals surface area (Å²) in [6.45, 7) is 2.07. The average molecular weight is 489 g/mol. The molecular formula is C23H21ClN2O4S2. The minimum atomic E-state index is -3.82. The van der Waals surface area contributed by atoms with E-state index in [1.807, 2.05) is 36.4 Å². The number of fused-ring (bicyclic) bond motifs is 1. The molecular weight excluding hydrogens is 468 g/mol. The van der Waals surface area contributed by atoms with E-state index in [0.717, 1.165) is 22.5 Å². The van der Waals surface area contributed by atoms with E-state index in [1.165, 1.54) is 12.1 Å². The predicted molar refractivity (Wildman–Crippen MR) is 128 cm³/mol. The predicted octanol–water partition coefficient (Wildman–Crippen LogP) is 4.81. The molecule has 0 aliphatic rings. The van der Waals surface area contributed by atoms with Crippen molar-refractivity contribution in [3.8, 4) is 5.75 Å². The second kappa shape index (κ2) is 9.07. The van der Waals surface area contributed by atoms with Crippen molar-refractivity contribution in [2.45, 2.75) is 24.4 Å². The molecule has 1 N–H and O–H groups in total. The lowest BCUT2D eigenvalue weighted by Crippen LogP contribution is -2.27. The fourth-order valence-corrected chi connectivity index (χ4v) is 6.00. The van der Waals surface area contributed by atoms with Gasteiger partial charge in [-0.25, -0.2) is 13.1 Å². The largest absolute Gasteiger partial charge is 0.496 e. The van der Waals surface area contributed by atoms with Gasteiger partial charge in [0.1, 0.15) is 5.75 Å². The van der Waals surface area contributed by atoms with Crippen molar-refractivity contribution in [1.29, 1.82) is 0 Å². The van der Waals surface area contributed by atoms with Gasteiger partial charge >= 0.3 is 4.87 Å². The molecule has 3 aromatic carbocycles. The van der Waals surface area contributed by atoms with E-state index in [0.29, 0.717) is 27.5 Å². The van der Waals surface area contributed by atoms with Crippen LogP contribution in [0.5, 0.6) is 5.75 Å². The van der Waals surface area contributed by atoms with Gasteiger partial charge in [-0.05, 0) is 42.8 Å². The first-order chi connectivity index (χ1) is 15.3. The summed E-state index contributed by atoms with van der Waals surface area (Å²) in [5.41, 5.74) is 2.21. The van der Waals surface area contributed by atoms with Gasteiger partial charge in [-0.1, -0.05) is 59.3 Å². The van der Waals surface area contributed by atoms with Crippen LogP contribution in [0.25, 0.3) is 10.2 Å². The third kappa shape index (κ3) is 4.45. The molecule has 0 saturated heterocycles. The molecule has 1 atom stereocenters. The Morgan fingerprint density at radius 3 is 2.56 bits per heavy atom. The van der Waals surface area contributed by atoms with Crippen molar-refractivity contribution in [2.24, 2.45) is 0 Å². The minimum absolute atomic E-state index is 0.0953. The number of para-hydroxylation sites is 1. The number of sulfonamides is 1. The Morgan fingerprint density at radius 2 is 1.81 bits per heavy atom. The van der Waals surface area contributed by atoms with Crippen molar-refractivity contribution >= 4 is 43.2 Å². The van der Waals surface area contributed by atoms with E-state index in [9.17, 15) is 13.2 Å². The number of aromatic nitrogens is 1. The van der Waals surface area contributed by atoms with E-state index in [1.54, 1.807) is 36.8 Å². The minimum Gasteiger partial charge on any atom is -0.496 e. The Hall–Kier alpha value is -2.65. The lowest BCUT2D eigenvalue weighted by Gasteiger charge is -2.17. The molecule has 0 radical (unpaired) electrons. The molecule has 0 amide bonds. The summed E-state index contributed by atoms with van der Waals surface area (Å²) in [5, 5.41) is 0.576. The molecule has 0 bridgehead atoms. The first kappa shape index (κ1) is 22.5. The summed E-state index contributed by atoms with van der Waals surface area (Å²) in [5.74, 6) is 0.605. The first-order valence-corrected chi connectivity index (χ1v) is 12.5. The van der Waals surface area contributed by atoms with Gasteiger partial charge < -0.3 is 4.74 Å². The summed E-state index contributed by atoms with van der Waals surface area (Å²) in [7, 11) is -2.28. The quantitative estimate of drug-likeness (QED) is 0.405. The maximum absolute atomic E-state index is 13.0. The molecule has 1 aromatic heterocycles. The number of methoxy groups -OCH3 is 1. The summed E-state index contributed by atoms with van der Waals surface area (Å²) in [6, 6.07) is 18.8. The van der Waals surface area contributed by atoms with Crippen LogP contribution in [0.2, 0.25) is 5.02 Å². The van der Waals surface area contributed by atoms with Crippen molar-refractivity contribution < 1.29 is 13.2 Å². The lowest BCUT2D eigenvalue weighted by atomic mass is 10.1. The summed E-state index contributed by atoms with van der Waals surface area (Å²) in [6.07, 6.45) is 0.